The highest BCUT2D eigenvalue weighted by Crippen LogP contribution is 2.39. The zero-order chi connectivity index (χ0) is 22.2. The number of hydrogen-bond acceptors (Lipinski definition) is 6. The molecular weight excluding hydrogens is 396 g/mol. The van der Waals surface area contributed by atoms with Crippen molar-refractivity contribution in [1.82, 2.24) is 9.88 Å². The molecule has 1 aromatic carbocycles. The van der Waals surface area contributed by atoms with Gasteiger partial charge in [0.05, 0.1) is 18.2 Å². The maximum atomic E-state index is 12.9. The molecule has 1 atom stereocenters. The second-order valence-corrected chi connectivity index (χ2v) is 7.35. The predicted molar refractivity (Wildman–Crippen MR) is 117 cm³/mol. The Morgan fingerprint density at radius 1 is 1.06 bits per heavy atom. The number of Topliss-reactive ketones (excluding diaryl/α,β-unsaturated/α-hetero) is 1. The Hall–Kier alpha value is -3.19. The molecule has 1 amide bonds. The lowest BCUT2D eigenvalue weighted by molar-refractivity contribution is -0.140. The van der Waals surface area contributed by atoms with Crippen LogP contribution in [0.5, 0.6) is 5.75 Å². The Kier molecular flexibility index (Phi) is 7.78. The SMILES string of the molecule is CCCCOc1ccc(C(O)=C2C(=O)C(=O)N(CCCOC)[C@@H]2c2ccncc2)cc1. The molecule has 0 radical (unpaired) electrons. The van der Waals surface area contributed by atoms with Crippen LogP contribution in [-0.2, 0) is 14.3 Å². The lowest BCUT2D eigenvalue weighted by Crippen LogP contribution is -2.31. The second kappa shape index (κ2) is 10.7. The van der Waals surface area contributed by atoms with Crippen molar-refractivity contribution in [3.8, 4) is 5.75 Å². The van der Waals surface area contributed by atoms with Gasteiger partial charge in [-0.25, -0.2) is 0 Å². The molecule has 0 spiro atoms. The molecule has 1 aromatic heterocycles. The molecule has 0 saturated carbocycles. The molecule has 164 valence electrons. The summed E-state index contributed by atoms with van der Waals surface area (Å²) in [5.41, 5.74) is 1.25. The van der Waals surface area contributed by atoms with Crippen molar-refractivity contribution in [2.75, 3.05) is 26.9 Å². The molecule has 1 aliphatic heterocycles. The number of methoxy groups -OCH3 is 1. The van der Waals surface area contributed by atoms with E-state index in [1.165, 1.54) is 4.90 Å². The summed E-state index contributed by atoms with van der Waals surface area (Å²) in [5.74, 6) is -0.829. The molecule has 0 bridgehead atoms. The van der Waals surface area contributed by atoms with Crippen molar-refractivity contribution < 1.29 is 24.2 Å². The molecule has 0 aliphatic carbocycles. The van der Waals surface area contributed by atoms with E-state index in [1.807, 2.05) is 0 Å². The van der Waals surface area contributed by atoms with Gasteiger partial charge >= 0.3 is 0 Å². The number of amides is 1. The Labute approximate surface area is 182 Å². The van der Waals surface area contributed by atoms with Gasteiger partial charge in [-0.2, -0.15) is 0 Å². The van der Waals surface area contributed by atoms with E-state index in [9.17, 15) is 14.7 Å². The van der Waals surface area contributed by atoms with Gasteiger partial charge in [-0.1, -0.05) is 13.3 Å². The van der Waals surface area contributed by atoms with E-state index in [-0.39, 0.29) is 11.3 Å². The summed E-state index contributed by atoms with van der Waals surface area (Å²) >= 11 is 0. The Balaban J connectivity index is 1.96. The lowest BCUT2D eigenvalue weighted by atomic mass is 9.96. The number of aromatic nitrogens is 1. The number of hydrogen-bond donors (Lipinski definition) is 1. The fourth-order valence-corrected chi connectivity index (χ4v) is 3.58. The van der Waals surface area contributed by atoms with Crippen LogP contribution in [0.1, 0.15) is 43.4 Å². The van der Waals surface area contributed by atoms with Crippen LogP contribution in [0.3, 0.4) is 0 Å². The summed E-state index contributed by atoms with van der Waals surface area (Å²) in [5, 5.41) is 11.0. The van der Waals surface area contributed by atoms with Gasteiger partial charge in [0.15, 0.2) is 0 Å². The van der Waals surface area contributed by atoms with E-state index in [2.05, 4.69) is 11.9 Å². The van der Waals surface area contributed by atoms with Gasteiger partial charge in [0.2, 0.25) is 0 Å². The molecule has 2 heterocycles. The van der Waals surface area contributed by atoms with Crippen LogP contribution < -0.4 is 4.74 Å². The second-order valence-electron chi connectivity index (χ2n) is 7.35. The fraction of sp³-hybridized carbons (Fsp3) is 0.375. The number of aliphatic hydroxyl groups is 1. The van der Waals surface area contributed by atoms with E-state index in [0.717, 1.165) is 12.8 Å². The number of aliphatic hydroxyl groups excluding tert-OH is 1. The zero-order valence-electron chi connectivity index (χ0n) is 17.9. The van der Waals surface area contributed by atoms with Gasteiger partial charge in [-0.05, 0) is 54.8 Å². The monoisotopic (exact) mass is 424 g/mol. The highest BCUT2D eigenvalue weighted by atomic mass is 16.5. The van der Waals surface area contributed by atoms with E-state index in [0.29, 0.717) is 43.1 Å². The molecule has 7 nitrogen and oxygen atoms in total. The van der Waals surface area contributed by atoms with Crippen molar-refractivity contribution in [2.45, 2.75) is 32.2 Å². The van der Waals surface area contributed by atoms with Crippen molar-refractivity contribution in [1.29, 1.82) is 0 Å². The summed E-state index contributed by atoms with van der Waals surface area (Å²) in [4.78, 5) is 31.2. The summed E-state index contributed by atoms with van der Waals surface area (Å²) in [7, 11) is 1.59. The fourth-order valence-electron chi connectivity index (χ4n) is 3.58. The summed E-state index contributed by atoms with van der Waals surface area (Å²) in [6, 6.07) is 9.70. The van der Waals surface area contributed by atoms with E-state index >= 15 is 0 Å². The topological polar surface area (TPSA) is 89.0 Å². The summed E-state index contributed by atoms with van der Waals surface area (Å²) in [6.07, 6.45) is 5.79. The van der Waals surface area contributed by atoms with Crippen LogP contribution in [0.25, 0.3) is 5.76 Å². The average Bonchev–Trinajstić information content (AvgIpc) is 3.05. The van der Waals surface area contributed by atoms with Crippen LogP contribution in [0.4, 0.5) is 0 Å². The van der Waals surface area contributed by atoms with Gasteiger partial charge in [0, 0.05) is 38.2 Å². The smallest absolute Gasteiger partial charge is 0.295 e. The average molecular weight is 424 g/mol. The number of rotatable bonds is 10. The standard InChI is InChI=1S/C24H28N2O5/c1-3-4-16-31-19-8-6-18(7-9-19)22(27)20-21(17-10-12-25-13-11-17)26(14-5-15-30-2)24(29)23(20)28/h6-13,21,27H,3-5,14-16H2,1-2H3/t21-/m1/s1. The largest absolute Gasteiger partial charge is 0.507 e. The van der Waals surface area contributed by atoms with Crippen molar-refractivity contribution in [3.63, 3.8) is 0 Å². The number of likely N-dealkylation sites (tertiary alicyclic amines) is 1. The maximum absolute atomic E-state index is 12.9. The van der Waals surface area contributed by atoms with Crippen molar-refractivity contribution in [2.24, 2.45) is 0 Å². The first-order valence-electron chi connectivity index (χ1n) is 10.5. The quantitative estimate of drug-likeness (QED) is 0.271. The number of ketones is 1. The lowest BCUT2D eigenvalue weighted by Gasteiger charge is -2.25. The molecule has 1 fully saturated rings. The van der Waals surface area contributed by atoms with Gasteiger partial charge in [0.1, 0.15) is 11.5 Å². The molecule has 0 unspecified atom stereocenters. The number of pyridine rings is 1. The van der Waals surface area contributed by atoms with Crippen LogP contribution in [0, 0.1) is 0 Å². The minimum Gasteiger partial charge on any atom is -0.507 e. The van der Waals surface area contributed by atoms with E-state index < -0.39 is 17.7 Å². The molecule has 1 N–H and O–H groups in total. The first kappa shape index (κ1) is 22.5. The Morgan fingerprint density at radius 3 is 2.42 bits per heavy atom. The maximum Gasteiger partial charge on any atom is 0.295 e. The van der Waals surface area contributed by atoms with Crippen LogP contribution in [0.2, 0.25) is 0 Å². The first-order chi connectivity index (χ1) is 15.1. The number of benzene rings is 1. The molecule has 2 aromatic rings. The van der Waals surface area contributed by atoms with Gasteiger partial charge < -0.3 is 19.5 Å². The molecular formula is C24H28N2O5. The highest BCUT2D eigenvalue weighted by Gasteiger charge is 2.45. The third-order valence-corrected chi connectivity index (χ3v) is 5.20. The molecule has 1 saturated heterocycles. The Morgan fingerprint density at radius 2 is 1.77 bits per heavy atom. The van der Waals surface area contributed by atoms with Gasteiger partial charge in [-0.3, -0.25) is 14.6 Å². The van der Waals surface area contributed by atoms with Crippen LogP contribution >= 0.6 is 0 Å². The molecule has 7 heteroatoms. The number of unbranched alkanes of at least 4 members (excludes halogenated alkanes) is 1. The number of nitrogens with zero attached hydrogens (tertiary/aromatic N) is 2. The number of carbonyl (C=O) groups excluding carboxylic acids is 2. The van der Waals surface area contributed by atoms with Crippen molar-refractivity contribution in [3.05, 3.63) is 65.5 Å². The summed E-state index contributed by atoms with van der Waals surface area (Å²) in [6.45, 7) is 3.52. The minimum atomic E-state index is -0.694. The predicted octanol–water partition coefficient (Wildman–Crippen LogP) is 3.72. The zero-order valence-corrected chi connectivity index (χ0v) is 17.9. The number of ether oxygens (including phenoxy) is 2. The molecule has 3 rings (SSSR count). The minimum absolute atomic E-state index is 0.0771. The molecule has 31 heavy (non-hydrogen) atoms. The Bertz CT molecular complexity index is 925. The van der Waals surface area contributed by atoms with Crippen LogP contribution in [0.15, 0.2) is 54.4 Å². The normalized spacial score (nSPS) is 17.9. The van der Waals surface area contributed by atoms with Crippen LogP contribution in [-0.4, -0.2) is 53.5 Å². The first-order valence-corrected chi connectivity index (χ1v) is 10.5. The summed E-state index contributed by atoms with van der Waals surface area (Å²) < 4.78 is 10.7. The molecule has 1 aliphatic rings. The van der Waals surface area contributed by atoms with E-state index in [4.69, 9.17) is 9.47 Å². The van der Waals surface area contributed by atoms with Crippen molar-refractivity contribution >= 4 is 17.4 Å². The highest BCUT2D eigenvalue weighted by molar-refractivity contribution is 6.46. The number of carbonyl (C=O) groups is 2. The third-order valence-electron chi connectivity index (χ3n) is 5.20. The van der Waals surface area contributed by atoms with E-state index in [1.54, 1.807) is 55.9 Å². The van der Waals surface area contributed by atoms with Gasteiger partial charge in [-0.15, -0.1) is 0 Å². The van der Waals surface area contributed by atoms with Gasteiger partial charge in [0.25, 0.3) is 11.7 Å². The third kappa shape index (κ3) is 5.11.